The molecule has 2 rings (SSSR count). The lowest BCUT2D eigenvalue weighted by Gasteiger charge is -2.30. The molecule has 1 saturated heterocycles. The highest BCUT2D eigenvalue weighted by Crippen LogP contribution is 2.27. The fourth-order valence-electron chi connectivity index (χ4n) is 4.29. The summed E-state index contributed by atoms with van der Waals surface area (Å²) in [5, 5.41) is 20.8. The van der Waals surface area contributed by atoms with Crippen molar-refractivity contribution in [1.29, 1.82) is 0 Å². The zero-order valence-electron chi connectivity index (χ0n) is 22.0. The number of carbonyl (C=O) groups excluding carboxylic acids is 5. The number of benzene rings is 1. The molecule has 5 atom stereocenters. The number of aromatic hydroxyl groups is 1. The van der Waals surface area contributed by atoms with Crippen molar-refractivity contribution in [3.05, 3.63) is 23.8 Å². The highest BCUT2D eigenvalue weighted by molar-refractivity contribution is 6.02. The van der Waals surface area contributed by atoms with Gasteiger partial charge < -0.3 is 31.1 Å². The zero-order valence-corrected chi connectivity index (χ0v) is 22.0. The van der Waals surface area contributed by atoms with Crippen molar-refractivity contribution < 1.29 is 33.8 Å². The molecule has 1 fully saturated rings. The predicted molar refractivity (Wildman–Crippen MR) is 137 cm³/mol. The van der Waals surface area contributed by atoms with Gasteiger partial charge in [-0.2, -0.15) is 0 Å². The molecule has 1 heterocycles. The number of phenolic OH excluding ortho intramolecular Hbond substituents is 1. The maximum absolute atomic E-state index is 13.3. The molecule has 0 bridgehead atoms. The maximum atomic E-state index is 13.3. The number of rotatable bonds is 10. The fourth-order valence-corrected chi connectivity index (χ4v) is 4.29. The molecule has 1 aliphatic rings. The molecular weight excluding hydrogens is 480 g/mol. The van der Waals surface area contributed by atoms with E-state index in [1.807, 2.05) is 20.8 Å². The normalized spacial score (nSPS) is 24.1. The van der Waals surface area contributed by atoms with E-state index in [1.165, 1.54) is 18.2 Å². The molecule has 1 aromatic rings. The van der Waals surface area contributed by atoms with Crippen LogP contribution in [0.4, 0.5) is 5.69 Å². The van der Waals surface area contributed by atoms with Gasteiger partial charge in [-0.05, 0) is 38.3 Å². The molecule has 0 aromatic heterocycles. The van der Waals surface area contributed by atoms with Gasteiger partial charge in [0.2, 0.25) is 18.2 Å². The van der Waals surface area contributed by atoms with Crippen molar-refractivity contribution in [2.45, 2.75) is 84.5 Å². The molecule has 5 N–H and O–H groups in total. The van der Waals surface area contributed by atoms with Crippen LogP contribution in [0.25, 0.3) is 0 Å². The van der Waals surface area contributed by atoms with E-state index in [2.05, 4.69) is 21.3 Å². The second-order valence-corrected chi connectivity index (χ2v) is 9.81. The topological polar surface area (TPSA) is 163 Å². The van der Waals surface area contributed by atoms with Crippen LogP contribution in [0.1, 0.15) is 70.7 Å². The summed E-state index contributed by atoms with van der Waals surface area (Å²) in [6.07, 6.45) is 1.65. The van der Waals surface area contributed by atoms with Gasteiger partial charge in [0, 0.05) is 6.42 Å². The van der Waals surface area contributed by atoms with Gasteiger partial charge >= 0.3 is 5.97 Å². The number of anilines is 1. The van der Waals surface area contributed by atoms with Crippen molar-refractivity contribution in [1.82, 2.24) is 16.0 Å². The van der Waals surface area contributed by atoms with E-state index in [9.17, 15) is 29.1 Å². The predicted octanol–water partition coefficient (Wildman–Crippen LogP) is 1.85. The first-order chi connectivity index (χ1) is 17.5. The van der Waals surface area contributed by atoms with E-state index in [0.717, 1.165) is 12.8 Å². The van der Waals surface area contributed by atoms with Crippen LogP contribution in [0.15, 0.2) is 18.2 Å². The lowest BCUT2D eigenvalue weighted by molar-refractivity contribution is -0.157. The van der Waals surface area contributed by atoms with Gasteiger partial charge in [-0.25, -0.2) is 0 Å². The van der Waals surface area contributed by atoms with E-state index in [1.54, 1.807) is 13.8 Å². The fraction of sp³-hybridized carbons (Fsp3) is 0.577. The first-order valence-electron chi connectivity index (χ1n) is 12.6. The Morgan fingerprint density at radius 3 is 2.43 bits per heavy atom. The Morgan fingerprint density at radius 2 is 1.81 bits per heavy atom. The molecular formula is C26H38N4O7. The number of hydrogen-bond donors (Lipinski definition) is 5. The number of para-hydroxylation sites is 1. The average molecular weight is 519 g/mol. The molecule has 1 aromatic carbocycles. The van der Waals surface area contributed by atoms with Gasteiger partial charge in [-0.15, -0.1) is 0 Å². The number of unbranched alkanes of at least 4 members (excludes halogenated alkanes) is 1. The van der Waals surface area contributed by atoms with Crippen LogP contribution >= 0.6 is 0 Å². The van der Waals surface area contributed by atoms with Gasteiger partial charge in [0.15, 0.2) is 5.75 Å². The lowest BCUT2D eigenvalue weighted by atomic mass is 9.90. The smallest absolute Gasteiger partial charge is 0.306 e. The Kier molecular flexibility index (Phi) is 10.9. The first-order valence-corrected chi connectivity index (χ1v) is 12.6. The van der Waals surface area contributed by atoms with Crippen LogP contribution in [-0.4, -0.2) is 59.4 Å². The molecule has 1 aliphatic heterocycles. The number of carbonyl (C=O) groups is 5. The quantitative estimate of drug-likeness (QED) is 0.179. The Bertz CT molecular complexity index is 997. The summed E-state index contributed by atoms with van der Waals surface area (Å²) in [7, 11) is 0. The number of ether oxygens (including phenoxy) is 1. The molecule has 0 saturated carbocycles. The molecule has 5 unspecified atom stereocenters. The van der Waals surface area contributed by atoms with Gasteiger partial charge in [-0.1, -0.05) is 39.7 Å². The molecule has 11 nitrogen and oxygen atoms in total. The monoisotopic (exact) mass is 518 g/mol. The number of phenols is 1. The van der Waals surface area contributed by atoms with Crippen LogP contribution in [0, 0.1) is 11.8 Å². The Hall–Kier alpha value is -3.63. The van der Waals surface area contributed by atoms with Crippen LogP contribution < -0.4 is 21.3 Å². The minimum atomic E-state index is -1.20. The highest BCUT2D eigenvalue weighted by atomic mass is 16.5. The minimum Gasteiger partial charge on any atom is -0.505 e. The van der Waals surface area contributed by atoms with Gasteiger partial charge in [-0.3, -0.25) is 24.0 Å². The van der Waals surface area contributed by atoms with E-state index >= 15 is 0 Å². The van der Waals surface area contributed by atoms with Crippen molar-refractivity contribution in [3.63, 3.8) is 0 Å². The number of amides is 4. The summed E-state index contributed by atoms with van der Waals surface area (Å²) in [6, 6.07) is 1.48. The average Bonchev–Trinajstić information content (AvgIpc) is 2.84. The molecule has 0 aliphatic carbocycles. The summed E-state index contributed by atoms with van der Waals surface area (Å²) < 4.78 is 5.74. The summed E-state index contributed by atoms with van der Waals surface area (Å²) >= 11 is 0. The zero-order chi connectivity index (χ0) is 27.7. The third kappa shape index (κ3) is 7.93. The number of hydrogen-bond acceptors (Lipinski definition) is 7. The van der Waals surface area contributed by atoms with Crippen molar-refractivity contribution in [2.75, 3.05) is 5.32 Å². The number of esters is 1. The van der Waals surface area contributed by atoms with E-state index < -0.39 is 53.7 Å². The van der Waals surface area contributed by atoms with E-state index in [0.29, 0.717) is 12.8 Å². The summed E-state index contributed by atoms with van der Waals surface area (Å²) in [5.41, 5.74) is -0.131. The van der Waals surface area contributed by atoms with Crippen LogP contribution in [-0.2, 0) is 23.9 Å². The molecule has 0 spiro atoms. The highest BCUT2D eigenvalue weighted by Gasteiger charge is 2.41. The molecule has 37 heavy (non-hydrogen) atoms. The van der Waals surface area contributed by atoms with Crippen molar-refractivity contribution >= 4 is 35.8 Å². The standard InChI is InChI=1S/C26H38N4O7/c1-6-7-9-18-23(37-20(32)12-14(2)3)16(5)29-26(36)21(15(4)28-25(18)35)30-24(34)17-10-8-11-19(22(17)33)27-13-31/h8,10-11,13-16,18,21,23,33H,6-7,9,12H2,1-5H3,(H,27,31)(H,28,35)(H,29,36)(H,30,34). The maximum Gasteiger partial charge on any atom is 0.306 e. The Balaban J connectivity index is 2.34. The van der Waals surface area contributed by atoms with Crippen LogP contribution in [0.3, 0.4) is 0 Å². The second kappa shape index (κ2) is 13.6. The summed E-state index contributed by atoms with van der Waals surface area (Å²) in [4.78, 5) is 62.9. The third-order valence-corrected chi connectivity index (χ3v) is 6.24. The third-order valence-electron chi connectivity index (χ3n) is 6.24. The Labute approximate surface area is 217 Å². The lowest BCUT2D eigenvalue weighted by Crippen LogP contribution is -2.58. The van der Waals surface area contributed by atoms with Gasteiger partial charge in [0.05, 0.1) is 29.3 Å². The summed E-state index contributed by atoms with van der Waals surface area (Å²) in [6.45, 7) is 9.00. The van der Waals surface area contributed by atoms with E-state index in [4.69, 9.17) is 4.74 Å². The molecule has 204 valence electrons. The van der Waals surface area contributed by atoms with Gasteiger partial charge in [0.25, 0.3) is 5.91 Å². The molecule has 11 heteroatoms. The Morgan fingerprint density at radius 1 is 1.14 bits per heavy atom. The summed E-state index contributed by atoms with van der Waals surface area (Å²) in [5.74, 6) is -3.29. The number of nitrogens with one attached hydrogen (secondary N) is 4. The van der Waals surface area contributed by atoms with Crippen molar-refractivity contribution in [3.8, 4) is 5.75 Å². The SMILES string of the molecule is CCCCC1C(=O)NC(C)C(NC(=O)c2cccc(NC=O)c2O)C(=O)NC(C)C1OC(=O)CC(C)C. The van der Waals surface area contributed by atoms with Crippen LogP contribution in [0.5, 0.6) is 5.75 Å². The van der Waals surface area contributed by atoms with E-state index in [-0.39, 0.29) is 29.5 Å². The van der Waals surface area contributed by atoms with Crippen LogP contribution in [0.2, 0.25) is 0 Å². The molecule has 0 radical (unpaired) electrons. The van der Waals surface area contributed by atoms with Crippen molar-refractivity contribution in [2.24, 2.45) is 11.8 Å². The second-order valence-electron chi connectivity index (χ2n) is 9.81. The largest absolute Gasteiger partial charge is 0.505 e. The molecule has 4 amide bonds. The first kappa shape index (κ1) is 29.6. The minimum absolute atomic E-state index is 0.0290. The van der Waals surface area contributed by atoms with Gasteiger partial charge in [0.1, 0.15) is 12.1 Å².